The molecule has 0 fully saturated rings. The van der Waals surface area contributed by atoms with Gasteiger partial charge in [0.2, 0.25) is 5.91 Å². The summed E-state index contributed by atoms with van der Waals surface area (Å²) >= 11 is 0. The van der Waals surface area contributed by atoms with E-state index in [9.17, 15) is 13.2 Å². The second kappa shape index (κ2) is 5.97. The Bertz CT molecular complexity index is 509. The van der Waals surface area contributed by atoms with Crippen LogP contribution < -0.4 is 11.1 Å². The van der Waals surface area contributed by atoms with Gasteiger partial charge in [0.25, 0.3) is 0 Å². The fraction of sp³-hybridized carbons (Fsp3) is 0.417. The van der Waals surface area contributed by atoms with E-state index in [-0.39, 0.29) is 11.8 Å². The van der Waals surface area contributed by atoms with Crippen LogP contribution in [0.4, 0.5) is 0 Å². The van der Waals surface area contributed by atoms with E-state index in [0.29, 0.717) is 18.0 Å². The maximum absolute atomic E-state index is 11.3. The molecule has 0 spiro atoms. The number of carbonyl (C=O) groups is 1. The zero-order valence-electron chi connectivity index (χ0n) is 10.5. The molecule has 0 aromatic heterocycles. The summed E-state index contributed by atoms with van der Waals surface area (Å²) in [5.74, 6) is -0.560. The molecular formula is C12H18N2O3S. The Balaban J connectivity index is 2.52. The molecule has 0 aliphatic carbocycles. The SMILES string of the molecule is CC(CNCc1ccc(S(C)(=O)=O)cc1)C(N)=O. The lowest BCUT2D eigenvalue weighted by atomic mass is 10.1. The Kier molecular flexibility index (Phi) is 4.86. The van der Waals surface area contributed by atoms with Gasteiger partial charge in [0.05, 0.1) is 4.90 Å². The molecule has 1 aromatic rings. The van der Waals surface area contributed by atoms with Crippen LogP contribution in [0.2, 0.25) is 0 Å². The van der Waals surface area contributed by atoms with Gasteiger partial charge in [-0.2, -0.15) is 0 Å². The van der Waals surface area contributed by atoms with Crippen LogP contribution in [0.25, 0.3) is 0 Å². The molecule has 1 atom stereocenters. The van der Waals surface area contributed by atoms with Gasteiger partial charge in [0.15, 0.2) is 9.84 Å². The summed E-state index contributed by atoms with van der Waals surface area (Å²) in [4.78, 5) is 11.1. The quantitative estimate of drug-likeness (QED) is 0.778. The average molecular weight is 270 g/mol. The van der Waals surface area contributed by atoms with E-state index in [1.165, 1.54) is 6.26 Å². The highest BCUT2D eigenvalue weighted by atomic mass is 32.2. The van der Waals surface area contributed by atoms with Crippen molar-refractivity contribution < 1.29 is 13.2 Å². The van der Waals surface area contributed by atoms with Crippen LogP contribution in [0.5, 0.6) is 0 Å². The molecule has 3 N–H and O–H groups in total. The minimum Gasteiger partial charge on any atom is -0.369 e. The molecule has 0 saturated heterocycles. The molecular weight excluding hydrogens is 252 g/mol. The van der Waals surface area contributed by atoms with E-state index in [2.05, 4.69) is 5.32 Å². The van der Waals surface area contributed by atoms with E-state index < -0.39 is 9.84 Å². The first-order valence-electron chi connectivity index (χ1n) is 5.59. The molecule has 1 unspecified atom stereocenters. The van der Waals surface area contributed by atoms with E-state index in [1.54, 1.807) is 31.2 Å². The number of benzene rings is 1. The topological polar surface area (TPSA) is 89.3 Å². The zero-order chi connectivity index (χ0) is 13.8. The number of hydrogen-bond donors (Lipinski definition) is 2. The standard InChI is InChI=1S/C12H18N2O3S/c1-9(12(13)15)7-14-8-10-3-5-11(6-4-10)18(2,16)17/h3-6,9,14H,7-8H2,1-2H3,(H2,13,15). The fourth-order valence-electron chi connectivity index (χ4n) is 1.39. The van der Waals surface area contributed by atoms with Gasteiger partial charge >= 0.3 is 0 Å². The number of amides is 1. The first-order chi connectivity index (χ1) is 8.30. The fourth-order valence-corrected chi connectivity index (χ4v) is 2.02. The lowest BCUT2D eigenvalue weighted by molar-refractivity contribution is -0.121. The summed E-state index contributed by atoms with van der Waals surface area (Å²) in [6, 6.07) is 6.64. The van der Waals surface area contributed by atoms with Crippen molar-refractivity contribution >= 4 is 15.7 Å². The lowest BCUT2D eigenvalue weighted by Gasteiger charge is -2.09. The van der Waals surface area contributed by atoms with Crippen LogP contribution in [0.3, 0.4) is 0 Å². The van der Waals surface area contributed by atoms with Crippen LogP contribution in [0.1, 0.15) is 12.5 Å². The van der Waals surface area contributed by atoms with Gasteiger partial charge in [0.1, 0.15) is 0 Å². The van der Waals surface area contributed by atoms with Crippen molar-refractivity contribution in [2.24, 2.45) is 11.7 Å². The van der Waals surface area contributed by atoms with Crippen molar-refractivity contribution in [1.29, 1.82) is 0 Å². The van der Waals surface area contributed by atoms with Crippen LogP contribution in [-0.2, 0) is 21.2 Å². The molecule has 100 valence electrons. The maximum Gasteiger partial charge on any atom is 0.221 e. The Morgan fingerprint density at radius 2 is 1.89 bits per heavy atom. The molecule has 1 aromatic carbocycles. The second-order valence-electron chi connectivity index (χ2n) is 4.35. The molecule has 0 bridgehead atoms. The normalized spacial score (nSPS) is 13.2. The zero-order valence-corrected chi connectivity index (χ0v) is 11.3. The number of rotatable bonds is 6. The molecule has 18 heavy (non-hydrogen) atoms. The highest BCUT2D eigenvalue weighted by molar-refractivity contribution is 7.90. The van der Waals surface area contributed by atoms with E-state index in [4.69, 9.17) is 5.73 Å². The Labute approximate surface area is 107 Å². The van der Waals surface area contributed by atoms with Crippen LogP contribution >= 0.6 is 0 Å². The lowest BCUT2D eigenvalue weighted by Crippen LogP contribution is -2.30. The smallest absolute Gasteiger partial charge is 0.221 e. The van der Waals surface area contributed by atoms with E-state index in [0.717, 1.165) is 5.56 Å². The number of nitrogens with two attached hydrogens (primary N) is 1. The summed E-state index contributed by atoms with van der Waals surface area (Å²) in [5, 5.41) is 3.09. The van der Waals surface area contributed by atoms with Gasteiger partial charge in [-0.05, 0) is 17.7 Å². The summed E-state index contributed by atoms with van der Waals surface area (Å²) < 4.78 is 22.5. The molecule has 1 rings (SSSR count). The number of hydrogen-bond acceptors (Lipinski definition) is 4. The van der Waals surface area contributed by atoms with Crippen molar-refractivity contribution in [1.82, 2.24) is 5.32 Å². The monoisotopic (exact) mass is 270 g/mol. The number of nitrogens with one attached hydrogen (secondary N) is 1. The van der Waals surface area contributed by atoms with Gasteiger partial charge in [-0.1, -0.05) is 19.1 Å². The molecule has 6 heteroatoms. The van der Waals surface area contributed by atoms with Gasteiger partial charge in [-0.15, -0.1) is 0 Å². The number of carbonyl (C=O) groups excluding carboxylic acids is 1. The number of sulfone groups is 1. The van der Waals surface area contributed by atoms with Crippen molar-refractivity contribution in [2.45, 2.75) is 18.4 Å². The van der Waals surface area contributed by atoms with Crippen molar-refractivity contribution in [3.63, 3.8) is 0 Å². The van der Waals surface area contributed by atoms with E-state index >= 15 is 0 Å². The maximum atomic E-state index is 11.3. The molecule has 0 saturated carbocycles. The highest BCUT2D eigenvalue weighted by Crippen LogP contribution is 2.10. The van der Waals surface area contributed by atoms with E-state index in [1.807, 2.05) is 0 Å². The minimum atomic E-state index is -3.15. The van der Waals surface area contributed by atoms with Crippen molar-refractivity contribution in [3.8, 4) is 0 Å². The molecule has 0 aliphatic heterocycles. The molecule has 0 aliphatic rings. The Morgan fingerprint density at radius 3 is 2.33 bits per heavy atom. The average Bonchev–Trinajstić information content (AvgIpc) is 2.28. The highest BCUT2D eigenvalue weighted by Gasteiger charge is 2.08. The Hall–Kier alpha value is -1.40. The van der Waals surface area contributed by atoms with Crippen molar-refractivity contribution in [2.75, 3.05) is 12.8 Å². The summed E-state index contributed by atoms with van der Waals surface area (Å²) in [5.41, 5.74) is 6.10. The Morgan fingerprint density at radius 1 is 1.33 bits per heavy atom. The van der Waals surface area contributed by atoms with Gasteiger partial charge in [-0.3, -0.25) is 4.79 Å². The molecule has 0 radical (unpaired) electrons. The largest absolute Gasteiger partial charge is 0.369 e. The third-order valence-electron chi connectivity index (χ3n) is 2.62. The number of primary amides is 1. The summed E-state index contributed by atoms with van der Waals surface area (Å²) in [7, 11) is -3.15. The minimum absolute atomic E-state index is 0.222. The molecule has 1 amide bonds. The first-order valence-corrected chi connectivity index (χ1v) is 7.49. The van der Waals surface area contributed by atoms with Crippen LogP contribution in [0.15, 0.2) is 29.2 Å². The van der Waals surface area contributed by atoms with Crippen LogP contribution in [-0.4, -0.2) is 27.1 Å². The summed E-state index contributed by atoms with van der Waals surface area (Å²) in [6.07, 6.45) is 1.18. The first kappa shape index (κ1) is 14.7. The van der Waals surface area contributed by atoms with Gasteiger partial charge in [0, 0.05) is 25.3 Å². The molecule has 0 heterocycles. The molecule has 5 nitrogen and oxygen atoms in total. The predicted octanol–water partition coefficient (Wildman–Crippen LogP) is 0.301. The predicted molar refractivity (Wildman–Crippen MR) is 69.6 cm³/mol. The third-order valence-corrected chi connectivity index (χ3v) is 3.75. The van der Waals surface area contributed by atoms with Gasteiger partial charge in [-0.25, -0.2) is 8.42 Å². The van der Waals surface area contributed by atoms with Gasteiger partial charge < -0.3 is 11.1 Å². The third kappa shape index (κ3) is 4.46. The van der Waals surface area contributed by atoms with Crippen molar-refractivity contribution in [3.05, 3.63) is 29.8 Å². The van der Waals surface area contributed by atoms with Crippen LogP contribution in [0, 0.1) is 5.92 Å². The second-order valence-corrected chi connectivity index (χ2v) is 6.37. The summed E-state index contributed by atoms with van der Waals surface area (Å²) in [6.45, 7) is 2.83.